The monoisotopic (exact) mass is 234 g/mol. The van der Waals surface area contributed by atoms with E-state index in [2.05, 4.69) is 10.2 Å². The molecule has 1 atom stereocenters. The van der Waals surface area contributed by atoms with E-state index in [4.69, 9.17) is 0 Å². The fraction of sp³-hybridized carbons (Fsp3) is 1.00. The molecule has 1 aliphatic heterocycles. The van der Waals surface area contributed by atoms with E-state index in [0.29, 0.717) is 6.54 Å². The molecule has 0 saturated carbocycles. The van der Waals surface area contributed by atoms with Crippen molar-refractivity contribution < 1.29 is 8.78 Å². The molecule has 1 unspecified atom stereocenters. The van der Waals surface area contributed by atoms with Gasteiger partial charge >= 0.3 is 0 Å². The van der Waals surface area contributed by atoms with Crippen molar-refractivity contribution in [2.45, 2.75) is 38.5 Å². The summed E-state index contributed by atoms with van der Waals surface area (Å²) in [5, 5.41) is 3.20. The van der Waals surface area contributed by atoms with Crippen LogP contribution in [0.25, 0.3) is 0 Å². The van der Waals surface area contributed by atoms with Crippen molar-refractivity contribution in [3.8, 4) is 0 Å². The molecular weight excluding hydrogens is 210 g/mol. The van der Waals surface area contributed by atoms with Gasteiger partial charge in [-0.25, -0.2) is 8.78 Å². The standard InChI is InChI=1S/C12H24F2N2/c1-12(13,14)6-9-16-7-3-4-11(5-8-16)10-15-2/h11,15H,3-10H2,1-2H3. The van der Waals surface area contributed by atoms with Crippen LogP contribution in [0.15, 0.2) is 0 Å². The van der Waals surface area contributed by atoms with E-state index < -0.39 is 5.92 Å². The summed E-state index contributed by atoms with van der Waals surface area (Å²) in [6.07, 6.45) is 3.49. The Balaban J connectivity index is 2.25. The first-order chi connectivity index (χ1) is 7.51. The number of nitrogens with zero attached hydrogens (tertiary/aromatic N) is 1. The number of rotatable bonds is 5. The number of nitrogens with one attached hydrogen (secondary N) is 1. The Labute approximate surface area is 97.4 Å². The van der Waals surface area contributed by atoms with E-state index in [1.54, 1.807) is 0 Å². The second-order valence-electron chi connectivity index (χ2n) is 5.02. The summed E-state index contributed by atoms with van der Waals surface area (Å²) < 4.78 is 25.5. The van der Waals surface area contributed by atoms with Crippen LogP contribution in [-0.2, 0) is 0 Å². The lowest BCUT2D eigenvalue weighted by Crippen LogP contribution is -2.30. The summed E-state index contributed by atoms with van der Waals surface area (Å²) >= 11 is 0. The molecule has 2 nitrogen and oxygen atoms in total. The van der Waals surface area contributed by atoms with Gasteiger partial charge in [0.25, 0.3) is 0 Å². The van der Waals surface area contributed by atoms with Crippen LogP contribution in [0, 0.1) is 5.92 Å². The zero-order chi connectivity index (χ0) is 12.0. The average Bonchev–Trinajstić information content (AvgIpc) is 2.40. The first-order valence-electron chi connectivity index (χ1n) is 6.26. The second-order valence-corrected chi connectivity index (χ2v) is 5.02. The van der Waals surface area contributed by atoms with E-state index in [9.17, 15) is 8.78 Å². The highest BCUT2D eigenvalue weighted by molar-refractivity contribution is 4.72. The number of hydrogen-bond acceptors (Lipinski definition) is 2. The summed E-state index contributed by atoms with van der Waals surface area (Å²) in [5.74, 6) is -1.80. The van der Waals surface area contributed by atoms with Crippen molar-refractivity contribution in [2.75, 3.05) is 33.2 Å². The molecule has 1 fully saturated rings. The van der Waals surface area contributed by atoms with Crippen LogP contribution in [-0.4, -0.2) is 44.0 Å². The van der Waals surface area contributed by atoms with Gasteiger partial charge in [-0.3, -0.25) is 0 Å². The van der Waals surface area contributed by atoms with Crippen molar-refractivity contribution >= 4 is 0 Å². The summed E-state index contributed by atoms with van der Waals surface area (Å²) in [6, 6.07) is 0. The van der Waals surface area contributed by atoms with Crippen LogP contribution in [0.1, 0.15) is 32.6 Å². The van der Waals surface area contributed by atoms with Gasteiger partial charge in [0.2, 0.25) is 5.92 Å². The molecule has 0 aromatic rings. The van der Waals surface area contributed by atoms with Gasteiger partial charge in [-0.15, -0.1) is 0 Å². The molecule has 0 radical (unpaired) electrons. The van der Waals surface area contributed by atoms with Gasteiger partial charge in [-0.05, 0) is 58.8 Å². The molecule has 96 valence electrons. The van der Waals surface area contributed by atoms with E-state index in [0.717, 1.165) is 45.3 Å². The minimum absolute atomic E-state index is 0.0102. The zero-order valence-corrected chi connectivity index (χ0v) is 10.4. The fourth-order valence-corrected chi connectivity index (χ4v) is 2.30. The smallest absolute Gasteiger partial charge is 0.246 e. The third-order valence-corrected chi connectivity index (χ3v) is 3.30. The Morgan fingerprint density at radius 1 is 1.31 bits per heavy atom. The Morgan fingerprint density at radius 2 is 2.06 bits per heavy atom. The topological polar surface area (TPSA) is 15.3 Å². The van der Waals surface area contributed by atoms with Crippen molar-refractivity contribution in [1.29, 1.82) is 0 Å². The van der Waals surface area contributed by atoms with Gasteiger partial charge in [0.05, 0.1) is 0 Å². The lowest BCUT2D eigenvalue weighted by molar-refractivity contribution is 0.00342. The predicted octanol–water partition coefficient (Wildman–Crippen LogP) is 2.35. The molecule has 1 aliphatic rings. The highest BCUT2D eigenvalue weighted by Crippen LogP contribution is 2.20. The molecule has 1 saturated heterocycles. The first kappa shape index (κ1) is 13.8. The molecule has 1 N–H and O–H groups in total. The van der Waals surface area contributed by atoms with Crippen LogP contribution in [0.5, 0.6) is 0 Å². The first-order valence-corrected chi connectivity index (χ1v) is 6.26. The zero-order valence-electron chi connectivity index (χ0n) is 10.4. The Bertz CT molecular complexity index is 192. The van der Waals surface area contributed by atoms with Crippen LogP contribution in [0.2, 0.25) is 0 Å². The third-order valence-electron chi connectivity index (χ3n) is 3.30. The van der Waals surface area contributed by atoms with Crippen molar-refractivity contribution in [2.24, 2.45) is 5.92 Å². The van der Waals surface area contributed by atoms with Crippen molar-refractivity contribution in [3.05, 3.63) is 0 Å². The van der Waals surface area contributed by atoms with E-state index in [1.165, 1.54) is 6.42 Å². The number of alkyl halides is 2. The van der Waals surface area contributed by atoms with E-state index in [-0.39, 0.29) is 6.42 Å². The molecule has 0 aromatic heterocycles. The average molecular weight is 234 g/mol. The van der Waals surface area contributed by atoms with Crippen molar-refractivity contribution in [1.82, 2.24) is 10.2 Å². The summed E-state index contributed by atoms with van der Waals surface area (Å²) in [5.41, 5.74) is 0. The van der Waals surface area contributed by atoms with Gasteiger partial charge in [-0.2, -0.15) is 0 Å². The number of halogens is 2. The lowest BCUT2D eigenvalue weighted by atomic mass is 10.0. The maximum atomic E-state index is 12.7. The second kappa shape index (κ2) is 6.50. The molecule has 0 bridgehead atoms. The van der Waals surface area contributed by atoms with Gasteiger partial charge in [0.15, 0.2) is 0 Å². The predicted molar refractivity (Wildman–Crippen MR) is 62.9 cm³/mol. The van der Waals surface area contributed by atoms with Crippen LogP contribution in [0.4, 0.5) is 8.78 Å². The lowest BCUT2D eigenvalue weighted by Gasteiger charge is -2.22. The largest absolute Gasteiger partial charge is 0.319 e. The SMILES string of the molecule is CNCC1CCCN(CCC(C)(F)F)CC1. The minimum atomic E-state index is -2.52. The Hall–Kier alpha value is -0.220. The van der Waals surface area contributed by atoms with Gasteiger partial charge in [0, 0.05) is 13.0 Å². The van der Waals surface area contributed by atoms with Crippen LogP contribution >= 0.6 is 0 Å². The molecular formula is C12H24F2N2. The molecule has 0 amide bonds. The van der Waals surface area contributed by atoms with Crippen molar-refractivity contribution in [3.63, 3.8) is 0 Å². The number of likely N-dealkylation sites (tertiary alicyclic amines) is 1. The highest BCUT2D eigenvalue weighted by Gasteiger charge is 2.23. The van der Waals surface area contributed by atoms with Gasteiger partial charge in [0.1, 0.15) is 0 Å². The maximum Gasteiger partial charge on any atom is 0.246 e. The van der Waals surface area contributed by atoms with Gasteiger partial charge in [-0.1, -0.05) is 0 Å². The van der Waals surface area contributed by atoms with E-state index >= 15 is 0 Å². The maximum absolute atomic E-state index is 12.7. The minimum Gasteiger partial charge on any atom is -0.319 e. The Morgan fingerprint density at radius 3 is 2.69 bits per heavy atom. The summed E-state index contributed by atoms with van der Waals surface area (Å²) in [7, 11) is 1.97. The number of hydrogen-bond donors (Lipinski definition) is 1. The highest BCUT2D eigenvalue weighted by atomic mass is 19.3. The molecule has 0 spiro atoms. The Kier molecular flexibility index (Phi) is 5.62. The summed E-state index contributed by atoms with van der Waals surface area (Å²) in [6.45, 7) is 4.56. The molecule has 0 aliphatic carbocycles. The fourth-order valence-electron chi connectivity index (χ4n) is 2.30. The van der Waals surface area contributed by atoms with Crippen LogP contribution in [0.3, 0.4) is 0 Å². The normalized spacial score (nSPS) is 24.4. The molecule has 0 aromatic carbocycles. The summed E-state index contributed by atoms with van der Waals surface area (Å²) in [4.78, 5) is 2.19. The van der Waals surface area contributed by atoms with Crippen LogP contribution < -0.4 is 5.32 Å². The third kappa shape index (κ3) is 5.75. The molecule has 1 rings (SSSR count). The van der Waals surface area contributed by atoms with E-state index in [1.807, 2.05) is 7.05 Å². The van der Waals surface area contributed by atoms with Gasteiger partial charge < -0.3 is 10.2 Å². The quantitative estimate of drug-likeness (QED) is 0.785. The molecule has 4 heteroatoms. The molecule has 16 heavy (non-hydrogen) atoms. The molecule has 1 heterocycles.